The third-order valence-electron chi connectivity index (χ3n) is 4.71. The summed E-state index contributed by atoms with van der Waals surface area (Å²) in [5, 5.41) is 3.49. The van der Waals surface area contributed by atoms with E-state index in [0.717, 1.165) is 11.6 Å². The number of hydrogen-bond acceptors (Lipinski definition) is 4. The molecule has 118 valence electrons. The molecule has 1 saturated carbocycles. The molecule has 0 amide bonds. The fraction of sp³-hybridized carbons (Fsp3) is 0.800. The largest absolute Gasteiger partial charge is 0.353 e. The van der Waals surface area contributed by atoms with Gasteiger partial charge in [0.15, 0.2) is 0 Å². The number of nitrogens with zero attached hydrogens (tertiary/aromatic N) is 2. The van der Waals surface area contributed by atoms with Crippen LogP contribution in [0.25, 0.3) is 0 Å². The molecule has 0 atom stereocenters. The van der Waals surface area contributed by atoms with Gasteiger partial charge in [-0.3, -0.25) is 0 Å². The Balaban J connectivity index is 1.70. The van der Waals surface area contributed by atoms with Gasteiger partial charge in [-0.15, -0.1) is 0 Å². The van der Waals surface area contributed by atoms with E-state index in [1.54, 1.807) is 0 Å². The van der Waals surface area contributed by atoms with Gasteiger partial charge in [-0.05, 0) is 32.6 Å². The first-order valence-corrected chi connectivity index (χ1v) is 9.88. The van der Waals surface area contributed by atoms with E-state index in [4.69, 9.17) is 0 Å². The predicted octanol–water partition coefficient (Wildman–Crippen LogP) is 2.69. The zero-order valence-corrected chi connectivity index (χ0v) is 13.5. The maximum atomic E-state index is 11.5. The third-order valence-corrected chi connectivity index (χ3v) is 6.42. The van der Waals surface area contributed by atoms with E-state index in [-0.39, 0.29) is 6.04 Å². The molecule has 2 fully saturated rings. The van der Waals surface area contributed by atoms with Crippen molar-refractivity contribution in [3.63, 3.8) is 0 Å². The quantitative estimate of drug-likeness (QED) is 0.932. The molecule has 1 aliphatic heterocycles. The van der Waals surface area contributed by atoms with Gasteiger partial charge >= 0.3 is 0 Å². The molecule has 0 aromatic carbocycles. The molecule has 0 unspecified atom stereocenters. The molecule has 2 aliphatic rings. The summed E-state index contributed by atoms with van der Waals surface area (Å²) in [5.41, 5.74) is 1.03. The molecule has 21 heavy (non-hydrogen) atoms. The summed E-state index contributed by atoms with van der Waals surface area (Å²) in [6.07, 6.45) is 9.90. The summed E-state index contributed by atoms with van der Waals surface area (Å²) >= 11 is 0. The van der Waals surface area contributed by atoms with E-state index in [0.29, 0.717) is 30.4 Å². The Morgan fingerprint density at radius 3 is 2.48 bits per heavy atom. The van der Waals surface area contributed by atoms with Gasteiger partial charge in [-0.2, -0.15) is 0 Å². The van der Waals surface area contributed by atoms with Crippen molar-refractivity contribution in [3.05, 3.63) is 11.9 Å². The minimum absolute atomic E-state index is 0.234. The van der Waals surface area contributed by atoms with Crippen LogP contribution in [0.3, 0.4) is 0 Å². The van der Waals surface area contributed by atoms with Crippen LogP contribution in [0.4, 0.5) is 5.95 Å². The highest BCUT2D eigenvalue weighted by atomic mass is 32.2. The normalized spacial score (nSPS) is 24.0. The third kappa shape index (κ3) is 3.59. The maximum Gasteiger partial charge on any atom is 0.203 e. The number of hydrogen-bond donors (Lipinski definition) is 1. The lowest BCUT2D eigenvalue weighted by atomic mass is 9.95. The Labute approximate surface area is 127 Å². The van der Waals surface area contributed by atoms with E-state index in [1.165, 1.54) is 32.1 Å². The van der Waals surface area contributed by atoms with Crippen LogP contribution in [0.1, 0.15) is 56.7 Å². The SMILES string of the molecule is Cc1cn(C2CCCCC2)c(NC2CCS(=O)(=O)CC2)n1. The second kappa shape index (κ2) is 5.99. The van der Waals surface area contributed by atoms with Crippen molar-refractivity contribution in [2.45, 2.75) is 64.0 Å². The minimum Gasteiger partial charge on any atom is -0.353 e. The Bertz CT molecular complexity index is 574. The van der Waals surface area contributed by atoms with Gasteiger partial charge in [0.05, 0.1) is 17.2 Å². The molecule has 0 radical (unpaired) electrons. The van der Waals surface area contributed by atoms with Crippen molar-refractivity contribution in [3.8, 4) is 0 Å². The number of nitrogens with one attached hydrogen (secondary N) is 1. The molecular formula is C15H25N3O2S. The van der Waals surface area contributed by atoms with Crippen LogP contribution >= 0.6 is 0 Å². The average molecular weight is 311 g/mol. The lowest BCUT2D eigenvalue weighted by Crippen LogP contribution is -2.33. The lowest BCUT2D eigenvalue weighted by molar-refractivity contribution is 0.355. The minimum atomic E-state index is -2.80. The van der Waals surface area contributed by atoms with Crippen molar-refractivity contribution in [2.24, 2.45) is 0 Å². The van der Waals surface area contributed by atoms with Crippen molar-refractivity contribution in [2.75, 3.05) is 16.8 Å². The van der Waals surface area contributed by atoms with E-state index in [9.17, 15) is 8.42 Å². The molecule has 0 bridgehead atoms. The van der Waals surface area contributed by atoms with Crippen LogP contribution in [0.2, 0.25) is 0 Å². The van der Waals surface area contributed by atoms with E-state index < -0.39 is 9.84 Å². The van der Waals surface area contributed by atoms with Crippen LogP contribution in [-0.4, -0.2) is 35.5 Å². The van der Waals surface area contributed by atoms with Gasteiger partial charge in [-0.25, -0.2) is 13.4 Å². The summed E-state index contributed by atoms with van der Waals surface area (Å²) in [6, 6.07) is 0.785. The zero-order chi connectivity index (χ0) is 14.9. The highest BCUT2D eigenvalue weighted by Gasteiger charge is 2.26. The summed E-state index contributed by atoms with van der Waals surface area (Å²) < 4.78 is 25.3. The van der Waals surface area contributed by atoms with Crippen LogP contribution in [-0.2, 0) is 9.84 Å². The molecule has 3 rings (SSSR count). The number of sulfone groups is 1. The number of aromatic nitrogens is 2. The fourth-order valence-electron chi connectivity index (χ4n) is 3.48. The monoisotopic (exact) mass is 311 g/mol. The smallest absolute Gasteiger partial charge is 0.203 e. The molecule has 1 aromatic rings. The highest BCUT2D eigenvalue weighted by Crippen LogP contribution is 2.31. The number of aryl methyl sites for hydroxylation is 1. The zero-order valence-electron chi connectivity index (χ0n) is 12.7. The van der Waals surface area contributed by atoms with Crippen molar-refractivity contribution < 1.29 is 8.42 Å². The van der Waals surface area contributed by atoms with Crippen molar-refractivity contribution in [1.82, 2.24) is 9.55 Å². The first-order chi connectivity index (χ1) is 10.0. The summed E-state index contributed by atoms with van der Waals surface area (Å²) in [7, 11) is -2.80. The van der Waals surface area contributed by atoms with Gasteiger partial charge in [-0.1, -0.05) is 19.3 Å². The molecule has 1 N–H and O–H groups in total. The lowest BCUT2D eigenvalue weighted by Gasteiger charge is -2.28. The van der Waals surface area contributed by atoms with Crippen LogP contribution in [0, 0.1) is 6.92 Å². The summed E-state index contributed by atoms with van der Waals surface area (Å²) in [4.78, 5) is 4.62. The second-order valence-electron chi connectivity index (χ2n) is 6.48. The van der Waals surface area contributed by atoms with Crippen LogP contribution in [0.5, 0.6) is 0 Å². The first-order valence-electron chi connectivity index (χ1n) is 8.06. The molecule has 0 spiro atoms. The molecule has 5 nitrogen and oxygen atoms in total. The van der Waals surface area contributed by atoms with Gasteiger partial charge in [0.1, 0.15) is 9.84 Å². The Morgan fingerprint density at radius 1 is 1.14 bits per heavy atom. The Kier molecular flexibility index (Phi) is 4.24. The average Bonchev–Trinajstić information content (AvgIpc) is 2.83. The number of imidazole rings is 1. The highest BCUT2D eigenvalue weighted by molar-refractivity contribution is 7.91. The molecular weight excluding hydrogens is 286 g/mol. The van der Waals surface area contributed by atoms with Crippen LogP contribution < -0.4 is 5.32 Å². The van der Waals surface area contributed by atoms with E-state index in [1.807, 2.05) is 6.92 Å². The van der Waals surface area contributed by atoms with Crippen LogP contribution in [0.15, 0.2) is 6.20 Å². The van der Waals surface area contributed by atoms with E-state index >= 15 is 0 Å². The predicted molar refractivity (Wildman–Crippen MR) is 84.4 cm³/mol. The Morgan fingerprint density at radius 2 is 1.81 bits per heavy atom. The van der Waals surface area contributed by atoms with Gasteiger partial charge in [0.2, 0.25) is 5.95 Å². The fourth-order valence-corrected chi connectivity index (χ4v) is 4.97. The molecule has 6 heteroatoms. The molecule has 2 heterocycles. The number of rotatable bonds is 3. The summed E-state index contributed by atoms with van der Waals surface area (Å²) in [5.74, 6) is 1.53. The van der Waals surface area contributed by atoms with E-state index in [2.05, 4.69) is 21.1 Å². The second-order valence-corrected chi connectivity index (χ2v) is 8.78. The van der Waals surface area contributed by atoms with Crippen molar-refractivity contribution in [1.29, 1.82) is 0 Å². The maximum absolute atomic E-state index is 11.5. The standard InChI is InChI=1S/C15H25N3O2S/c1-12-11-18(14-5-3-2-4-6-14)15(16-12)17-13-7-9-21(19,20)10-8-13/h11,13-14H,2-10H2,1H3,(H,16,17). The summed E-state index contributed by atoms with van der Waals surface area (Å²) in [6.45, 7) is 2.02. The van der Waals surface area contributed by atoms with Gasteiger partial charge in [0, 0.05) is 18.3 Å². The molecule has 1 saturated heterocycles. The first kappa shape index (κ1) is 14.9. The Hall–Kier alpha value is -1.04. The topological polar surface area (TPSA) is 64.0 Å². The molecule has 1 aliphatic carbocycles. The van der Waals surface area contributed by atoms with Crippen molar-refractivity contribution >= 4 is 15.8 Å². The van der Waals surface area contributed by atoms with Gasteiger partial charge in [0.25, 0.3) is 0 Å². The number of anilines is 1. The van der Waals surface area contributed by atoms with Gasteiger partial charge < -0.3 is 9.88 Å². The molecule has 1 aromatic heterocycles.